The molecule has 3 aromatic rings. The number of aryl methyl sites for hydroxylation is 3. The number of nitrogens with zero attached hydrogens (tertiary/aromatic N) is 4. The van der Waals surface area contributed by atoms with E-state index in [9.17, 15) is 9.59 Å². The Balaban J connectivity index is 1.61. The molecular formula is C27H35N5O3. The summed E-state index contributed by atoms with van der Waals surface area (Å²) in [4.78, 5) is 37.3. The van der Waals surface area contributed by atoms with Crippen LogP contribution in [0, 0.1) is 6.92 Å². The Morgan fingerprint density at radius 3 is 2.66 bits per heavy atom. The molecule has 1 aliphatic rings. The minimum Gasteiger partial charge on any atom is -0.444 e. The zero-order valence-electron chi connectivity index (χ0n) is 21.4. The molecule has 0 atom stereocenters. The van der Waals surface area contributed by atoms with Crippen molar-refractivity contribution in [2.75, 3.05) is 11.9 Å². The van der Waals surface area contributed by atoms with E-state index >= 15 is 0 Å². The van der Waals surface area contributed by atoms with Crippen LogP contribution in [-0.4, -0.2) is 43.6 Å². The van der Waals surface area contributed by atoms with Gasteiger partial charge in [-0.3, -0.25) is 4.79 Å². The smallest absolute Gasteiger partial charge is 0.410 e. The van der Waals surface area contributed by atoms with E-state index in [1.807, 2.05) is 58.9 Å². The number of aromatic nitrogens is 3. The first kappa shape index (κ1) is 24.7. The monoisotopic (exact) mass is 477 g/mol. The van der Waals surface area contributed by atoms with Gasteiger partial charge in [-0.25, -0.2) is 14.8 Å². The highest BCUT2D eigenvalue weighted by Crippen LogP contribution is 2.26. The standard InChI is InChI=1S/C27H35N5O3/c1-6-31(26(34)35-27(3,4)5)17-19-12-9-10-13-21(19)29-25(33)20-16-18(2)28-24-23(20)30-22-14-8-7-11-15-32(22)24/h9-10,12-13,16H,6-8,11,14-15,17H2,1-5H3,(H,29,33). The normalized spacial score (nSPS) is 13.7. The number of imidazole rings is 1. The van der Waals surface area contributed by atoms with E-state index in [4.69, 9.17) is 14.7 Å². The summed E-state index contributed by atoms with van der Waals surface area (Å²) in [6, 6.07) is 9.33. The number of nitrogens with one attached hydrogen (secondary N) is 1. The molecule has 8 nitrogen and oxygen atoms in total. The number of para-hydroxylation sites is 1. The number of pyridine rings is 1. The molecule has 0 saturated carbocycles. The Hall–Kier alpha value is -3.42. The molecular weight excluding hydrogens is 442 g/mol. The van der Waals surface area contributed by atoms with Crippen molar-refractivity contribution < 1.29 is 14.3 Å². The number of ether oxygens (including phenoxy) is 1. The highest BCUT2D eigenvalue weighted by atomic mass is 16.6. The first-order valence-electron chi connectivity index (χ1n) is 12.4. The van der Waals surface area contributed by atoms with Gasteiger partial charge in [0.25, 0.3) is 5.91 Å². The van der Waals surface area contributed by atoms with Gasteiger partial charge < -0.3 is 19.5 Å². The number of amides is 2. The maximum atomic E-state index is 13.5. The highest BCUT2D eigenvalue weighted by Gasteiger charge is 2.24. The number of carbonyl (C=O) groups is 2. The van der Waals surface area contributed by atoms with Gasteiger partial charge in [0.2, 0.25) is 0 Å². The second kappa shape index (κ2) is 10.1. The lowest BCUT2D eigenvalue weighted by Gasteiger charge is -2.27. The van der Waals surface area contributed by atoms with Crippen LogP contribution in [0.25, 0.3) is 11.2 Å². The molecule has 0 radical (unpaired) electrons. The minimum atomic E-state index is -0.578. The van der Waals surface area contributed by atoms with E-state index in [2.05, 4.69) is 9.88 Å². The van der Waals surface area contributed by atoms with Crippen LogP contribution in [-0.2, 0) is 24.2 Å². The average Bonchev–Trinajstić information content (AvgIpc) is 2.97. The van der Waals surface area contributed by atoms with Crippen LogP contribution in [0.5, 0.6) is 0 Å². The molecule has 186 valence electrons. The van der Waals surface area contributed by atoms with Gasteiger partial charge in [-0.1, -0.05) is 24.6 Å². The number of fused-ring (bicyclic) bond motifs is 3. The fraction of sp³-hybridized carbons (Fsp3) is 0.481. The van der Waals surface area contributed by atoms with Crippen LogP contribution in [0.15, 0.2) is 30.3 Å². The van der Waals surface area contributed by atoms with Crippen molar-refractivity contribution in [3.63, 3.8) is 0 Å². The summed E-state index contributed by atoms with van der Waals surface area (Å²) in [7, 11) is 0. The Morgan fingerprint density at radius 1 is 1.14 bits per heavy atom. The van der Waals surface area contributed by atoms with Gasteiger partial charge in [-0.05, 0) is 65.2 Å². The van der Waals surface area contributed by atoms with Crippen LogP contribution in [0.2, 0.25) is 0 Å². The largest absolute Gasteiger partial charge is 0.444 e. The fourth-order valence-corrected chi connectivity index (χ4v) is 4.40. The van der Waals surface area contributed by atoms with E-state index < -0.39 is 5.60 Å². The molecule has 0 saturated heterocycles. The van der Waals surface area contributed by atoms with Crippen LogP contribution in [0.1, 0.15) is 74.4 Å². The topological polar surface area (TPSA) is 89.4 Å². The zero-order chi connectivity index (χ0) is 25.2. The molecule has 0 fully saturated rings. The summed E-state index contributed by atoms with van der Waals surface area (Å²) in [5, 5.41) is 3.06. The number of carbonyl (C=O) groups excluding carboxylic acids is 2. The predicted octanol–water partition coefficient (Wildman–Crippen LogP) is 5.48. The number of rotatable bonds is 5. The van der Waals surface area contributed by atoms with Crippen molar-refractivity contribution in [3.05, 3.63) is 53.0 Å². The Morgan fingerprint density at radius 2 is 1.91 bits per heavy atom. The highest BCUT2D eigenvalue weighted by molar-refractivity contribution is 6.11. The lowest BCUT2D eigenvalue weighted by Crippen LogP contribution is -2.36. The van der Waals surface area contributed by atoms with Gasteiger partial charge in [-0.2, -0.15) is 0 Å². The first-order valence-corrected chi connectivity index (χ1v) is 12.4. The molecule has 4 rings (SSSR count). The van der Waals surface area contributed by atoms with Gasteiger partial charge in [-0.15, -0.1) is 0 Å². The summed E-state index contributed by atoms with van der Waals surface area (Å²) in [5.41, 5.74) is 3.63. The van der Waals surface area contributed by atoms with E-state index in [0.717, 1.165) is 48.5 Å². The average molecular weight is 478 g/mol. The molecule has 0 unspecified atom stereocenters. The summed E-state index contributed by atoms with van der Waals surface area (Å²) in [6.07, 6.45) is 3.89. The summed E-state index contributed by atoms with van der Waals surface area (Å²) in [6.45, 7) is 11.0. The van der Waals surface area contributed by atoms with Gasteiger partial charge in [0, 0.05) is 30.9 Å². The third kappa shape index (κ3) is 5.63. The van der Waals surface area contributed by atoms with Crippen LogP contribution < -0.4 is 5.32 Å². The molecule has 1 aromatic carbocycles. The Bertz CT molecular complexity index is 1240. The molecule has 2 aromatic heterocycles. The quantitative estimate of drug-likeness (QED) is 0.526. The molecule has 1 aliphatic heterocycles. The van der Waals surface area contributed by atoms with E-state index in [1.54, 1.807) is 11.0 Å². The SMILES string of the molecule is CCN(Cc1ccccc1NC(=O)c1cc(C)nc2c1nc1n2CCCCC1)C(=O)OC(C)(C)C. The first-order chi connectivity index (χ1) is 16.7. The number of benzene rings is 1. The minimum absolute atomic E-state index is 0.235. The van der Waals surface area contributed by atoms with Crippen molar-refractivity contribution in [1.29, 1.82) is 0 Å². The predicted molar refractivity (Wildman–Crippen MR) is 137 cm³/mol. The molecule has 8 heteroatoms. The fourth-order valence-electron chi connectivity index (χ4n) is 4.40. The summed E-state index contributed by atoms with van der Waals surface area (Å²) in [5.74, 6) is 0.766. The number of hydrogen-bond donors (Lipinski definition) is 1. The second-order valence-electron chi connectivity index (χ2n) is 10.1. The maximum absolute atomic E-state index is 13.5. The van der Waals surface area contributed by atoms with Gasteiger partial charge in [0.1, 0.15) is 16.9 Å². The molecule has 3 heterocycles. The third-order valence-corrected chi connectivity index (χ3v) is 6.10. The second-order valence-corrected chi connectivity index (χ2v) is 10.1. The summed E-state index contributed by atoms with van der Waals surface area (Å²) >= 11 is 0. The van der Waals surface area contributed by atoms with Crippen LogP contribution >= 0.6 is 0 Å². The molecule has 0 bridgehead atoms. The third-order valence-electron chi connectivity index (χ3n) is 6.10. The number of anilines is 1. The molecule has 0 spiro atoms. The van der Waals surface area contributed by atoms with Crippen LogP contribution in [0.3, 0.4) is 0 Å². The lowest BCUT2D eigenvalue weighted by atomic mass is 10.1. The van der Waals surface area contributed by atoms with Gasteiger partial charge in [0.05, 0.1) is 12.1 Å². The van der Waals surface area contributed by atoms with Crippen molar-refractivity contribution in [2.45, 2.75) is 79.0 Å². The van der Waals surface area contributed by atoms with Crippen molar-refractivity contribution in [2.24, 2.45) is 0 Å². The van der Waals surface area contributed by atoms with Crippen molar-refractivity contribution in [3.8, 4) is 0 Å². The molecule has 2 amide bonds. The van der Waals surface area contributed by atoms with E-state index in [1.165, 1.54) is 6.42 Å². The zero-order valence-corrected chi connectivity index (χ0v) is 21.4. The molecule has 35 heavy (non-hydrogen) atoms. The van der Waals surface area contributed by atoms with Crippen molar-refractivity contribution in [1.82, 2.24) is 19.4 Å². The lowest BCUT2D eigenvalue weighted by molar-refractivity contribution is 0.0245. The summed E-state index contributed by atoms with van der Waals surface area (Å²) < 4.78 is 7.71. The van der Waals surface area contributed by atoms with Gasteiger partial charge in [0.15, 0.2) is 5.65 Å². The Labute approximate surface area is 206 Å². The maximum Gasteiger partial charge on any atom is 0.410 e. The van der Waals surface area contributed by atoms with Gasteiger partial charge >= 0.3 is 6.09 Å². The van der Waals surface area contributed by atoms with Crippen LogP contribution in [0.4, 0.5) is 10.5 Å². The molecule has 1 N–H and O–H groups in total. The molecule has 0 aliphatic carbocycles. The number of hydrogen-bond acceptors (Lipinski definition) is 5. The van der Waals surface area contributed by atoms with E-state index in [-0.39, 0.29) is 12.0 Å². The van der Waals surface area contributed by atoms with Crippen molar-refractivity contribution >= 4 is 28.9 Å². The Kier molecular flexibility index (Phi) is 7.10. The van der Waals surface area contributed by atoms with E-state index in [0.29, 0.717) is 29.9 Å².